The van der Waals surface area contributed by atoms with Crippen LogP contribution in [0.15, 0.2) is 27.4 Å². The largest absolute Gasteiger partial charge is 0.417 e. The number of nitrogens with one attached hydrogen (secondary N) is 2. The Balaban J connectivity index is 2.13. The van der Waals surface area contributed by atoms with Crippen molar-refractivity contribution in [2.24, 2.45) is 0 Å². The van der Waals surface area contributed by atoms with E-state index in [0.717, 1.165) is 0 Å². The van der Waals surface area contributed by atoms with Crippen molar-refractivity contribution in [3.05, 3.63) is 28.7 Å². The quantitative estimate of drug-likeness (QED) is 0.732. The van der Waals surface area contributed by atoms with Crippen LogP contribution in [0.3, 0.4) is 0 Å². The predicted molar refractivity (Wildman–Crippen MR) is 61.8 cm³/mol. The van der Waals surface area contributed by atoms with Crippen molar-refractivity contribution in [1.29, 1.82) is 0 Å². The molecule has 0 aliphatic rings. The van der Waals surface area contributed by atoms with Crippen molar-refractivity contribution in [3.63, 3.8) is 0 Å². The number of hydrogen-bond acceptors (Lipinski definition) is 4. The molecular weight excluding hydrogens is 224 g/mol. The number of oxazole rings is 1. The van der Waals surface area contributed by atoms with Gasteiger partial charge in [-0.2, -0.15) is 0 Å². The molecular formula is C11H12N2O4. The Morgan fingerprint density at radius 2 is 2.29 bits per heavy atom. The number of aliphatic hydroxyl groups excluding tert-OH is 1. The lowest BCUT2D eigenvalue weighted by molar-refractivity contribution is -0.116. The Labute approximate surface area is 96.3 Å². The first-order valence-corrected chi connectivity index (χ1v) is 5.22. The van der Waals surface area contributed by atoms with E-state index in [1.165, 1.54) is 0 Å². The number of benzene rings is 1. The number of aromatic nitrogens is 1. The molecule has 1 heterocycles. The summed E-state index contributed by atoms with van der Waals surface area (Å²) in [6.45, 7) is -0.0124. The van der Waals surface area contributed by atoms with Gasteiger partial charge in [0.05, 0.1) is 5.52 Å². The number of aliphatic hydroxyl groups is 1. The standard InChI is InChI=1S/C11H12N2O4/c14-5-1-2-10(15)12-7-3-4-9-8(6-7)13-11(16)17-9/h3-4,6,14H,1-2,5H2,(H,12,15)(H,13,16). The lowest BCUT2D eigenvalue weighted by atomic mass is 10.2. The zero-order valence-corrected chi connectivity index (χ0v) is 9.03. The third kappa shape index (κ3) is 2.73. The fourth-order valence-corrected chi connectivity index (χ4v) is 1.49. The van der Waals surface area contributed by atoms with Crippen LogP contribution in [0.4, 0.5) is 5.69 Å². The highest BCUT2D eigenvalue weighted by atomic mass is 16.4. The topological polar surface area (TPSA) is 95.3 Å². The van der Waals surface area contributed by atoms with Crippen LogP contribution < -0.4 is 11.1 Å². The van der Waals surface area contributed by atoms with Gasteiger partial charge in [0.2, 0.25) is 5.91 Å². The van der Waals surface area contributed by atoms with Gasteiger partial charge in [0.15, 0.2) is 5.58 Å². The minimum atomic E-state index is -0.524. The molecule has 0 aliphatic carbocycles. The minimum Gasteiger partial charge on any atom is -0.408 e. The van der Waals surface area contributed by atoms with Crippen LogP contribution in [0.25, 0.3) is 11.1 Å². The van der Waals surface area contributed by atoms with E-state index >= 15 is 0 Å². The average Bonchev–Trinajstić information content (AvgIpc) is 2.65. The molecule has 17 heavy (non-hydrogen) atoms. The van der Waals surface area contributed by atoms with E-state index in [9.17, 15) is 9.59 Å². The number of carbonyl (C=O) groups is 1. The van der Waals surface area contributed by atoms with Crippen LogP contribution >= 0.6 is 0 Å². The second-order valence-corrected chi connectivity index (χ2v) is 3.60. The first kappa shape index (κ1) is 11.4. The summed E-state index contributed by atoms with van der Waals surface area (Å²) in [6, 6.07) is 4.88. The van der Waals surface area contributed by atoms with Crippen LogP contribution in [0.2, 0.25) is 0 Å². The van der Waals surface area contributed by atoms with E-state index < -0.39 is 5.76 Å². The lowest BCUT2D eigenvalue weighted by Crippen LogP contribution is -2.11. The first-order chi connectivity index (χ1) is 8.19. The van der Waals surface area contributed by atoms with Gasteiger partial charge in [-0.3, -0.25) is 9.78 Å². The van der Waals surface area contributed by atoms with E-state index in [-0.39, 0.29) is 18.9 Å². The molecule has 1 aromatic heterocycles. The van der Waals surface area contributed by atoms with Crippen molar-refractivity contribution >= 4 is 22.7 Å². The molecule has 1 amide bonds. The van der Waals surface area contributed by atoms with Gasteiger partial charge in [0.1, 0.15) is 0 Å². The van der Waals surface area contributed by atoms with Crippen molar-refractivity contribution < 1.29 is 14.3 Å². The van der Waals surface area contributed by atoms with Gasteiger partial charge in [-0.15, -0.1) is 0 Å². The highest BCUT2D eigenvalue weighted by Crippen LogP contribution is 2.16. The Morgan fingerprint density at radius 1 is 1.47 bits per heavy atom. The summed E-state index contributed by atoms with van der Waals surface area (Å²) in [7, 11) is 0. The zero-order valence-electron chi connectivity index (χ0n) is 9.03. The van der Waals surface area contributed by atoms with Gasteiger partial charge in [0.25, 0.3) is 0 Å². The van der Waals surface area contributed by atoms with E-state index in [4.69, 9.17) is 9.52 Å². The Bertz CT molecular complexity index is 584. The zero-order chi connectivity index (χ0) is 12.3. The molecule has 2 rings (SSSR count). The fourth-order valence-electron chi connectivity index (χ4n) is 1.49. The molecule has 0 saturated carbocycles. The number of carbonyl (C=O) groups excluding carboxylic acids is 1. The number of hydrogen-bond donors (Lipinski definition) is 3. The number of H-pyrrole nitrogens is 1. The number of fused-ring (bicyclic) bond motifs is 1. The van der Waals surface area contributed by atoms with Crippen molar-refractivity contribution in [1.82, 2.24) is 4.98 Å². The summed E-state index contributed by atoms with van der Waals surface area (Å²) < 4.78 is 4.84. The maximum Gasteiger partial charge on any atom is 0.417 e. The Kier molecular flexibility index (Phi) is 3.24. The molecule has 6 nitrogen and oxygen atoms in total. The molecule has 0 saturated heterocycles. The van der Waals surface area contributed by atoms with Gasteiger partial charge < -0.3 is 14.8 Å². The molecule has 0 unspecified atom stereocenters. The second kappa shape index (κ2) is 4.84. The smallest absolute Gasteiger partial charge is 0.408 e. The minimum absolute atomic E-state index is 0.0124. The number of aromatic amines is 1. The third-order valence-corrected chi connectivity index (χ3v) is 2.26. The molecule has 1 aromatic carbocycles. The molecule has 2 aromatic rings. The lowest BCUT2D eigenvalue weighted by Gasteiger charge is -2.03. The summed E-state index contributed by atoms with van der Waals surface area (Å²) in [4.78, 5) is 24.8. The molecule has 0 bridgehead atoms. The monoisotopic (exact) mass is 236 g/mol. The number of rotatable bonds is 4. The third-order valence-electron chi connectivity index (χ3n) is 2.26. The molecule has 90 valence electrons. The summed E-state index contributed by atoms with van der Waals surface area (Å²) in [5.74, 6) is -0.701. The predicted octanol–water partition coefficient (Wildman–Crippen LogP) is 0.832. The van der Waals surface area contributed by atoms with Crippen LogP contribution in [-0.4, -0.2) is 22.6 Å². The van der Waals surface area contributed by atoms with Crippen molar-refractivity contribution in [2.45, 2.75) is 12.8 Å². The molecule has 0 atom stereocenters. The Morgan fingerprint density at radius 3 is 3.06 bits per heavy atom. The highest BCUT2D eigenvalue weighted by molar-refractivity contribution is 5.92. The van der Waals surface area contributed by atoms with E-state index in [2.05, 4.69) is 10.3 Å². The normalized spacial score (nSPS) is 10.6. The summed E-state index contributed by atoms with van der Waals surface area (Å²) >= 11 is 0. The summed E-state index contributed by atoms with van der Waals surface area (Å²) in [6.07, 6.45) is 0.688. The molecule has 0 aliphatic heterocycles. The van der Waals surface area contributed by atoms with Crippen LogP contribution in [0.1, 0.15) is 12.8 Å². The fraction of sp³-hybridized carbons (Fsp3) is 0.273. The van der Waals surface area contributed by atoms with Crippen molar-refractivity contribution in [3.8, 4) is 0 Å². The van der Waals surface area contributed by atoms with E-state index in [1.54, 1.807) is 18.2 Å². The van der Waals surface area contributed by atoms with Crippen LogP contribution in [-0.2, 0) is 4.79 Å². The molecule has 6 heteroatoms. The van der Waals surface area contributed by atoms with Gasteiger partial charge in [-0.25, -0.2) is 4.79 Å². The average molecular weight is 236 g/mol. The highest BCUT2D eigenvalue weighted by Gasteiger charge is 2.05. The maximum atomic E-state index is 11.4. The number of anilines is 1. The number of amides is 1. The first-order valence-electron chi connectivity index (χ1n) is 5.22. The van der Waals surface area contributed by atoms with E-state index in [0.29, 0.717) is 23.2 Å². The van der Waals surface area contributed by atoms with Gasteiger partial charge in [0, 0.05) is 18.7 Å². The van der Waals surface area contributed by atoms with Crippen molar-refractivity contribution in [2.75, 3.05) is 11.9 Å². The SMILES string of the molecule is O=C(CCCO)Nc1ccc2oc(=O)[nH]c2c1. The molecule has 0 radical (unpaired) electrons. The van der Waals surface area contributed by atoms with Crippen LogP contribution in [0, 0.1) is 0 Å². The Hall–Kier alpha value is -2.08. The second-order valence-electron chi connectivity index (χ2n) is 3.60. The van der Waals surface area contributed by atoms with E-state index in [1.807, 2.05) is 0 Å². The van der Waals surface area contributed by atoms with Gasteiger partial charge in [-0.1, -0.05) is 0 Å². The summed E-state index contributed by atoms with van der Waals surface area (Å²) in [5, 5.41) is 11.3. The van der Waals surface area contributed by atoms with Gasteiger partial charge in [-0.05, 0) is 24.6 Å². The summed E-state index contributed by atoms with van der Waals surface area (Å²) in [5.41, 5.74) is 1.57. The van der Waals surface area contributed by atoms with Gasteiger partial charge >= 0.3 is 5.76 Å². The molecule has 0 spiro atoms. The molecule has 3 N–H and O–H groups in total. The maximum absolute atomic E-state index is 11.4. The molecule has 0 fully saturated rings. The van der Waals surface area contributed by atoms with Crippen LogP contribution in [0.5, 0.6) is 0 Å².